The van der Waals surface area contributed by atoms with Crippen LogP contribution in [0, 0.1) is 12.7 Å². The number of hydrogen-bond acceptors (Lipinski definition) is 2. The quantitative estimate of drug-likeness (QED) is 0.848. The second-order valence-electron chi connectivity index (χ2n) is 4.57. The number of rotatable bonds is 4. The van der Waals surface area contributed by atoms with Crippen LogP contribution >= 0.6 is 0 Å². The molecule has 4 nitrogen and oxygen atoms in total. The number of carbonyl (C=O) groups excluding carboxylic acids is 2. The molecule has 0 atom stereocenters. The molecule has 5 heteroatoms. The van der Waals surface area contributed by atoms with E-state index in [9.17, 15) is 14.0 Å². The highest BCUT2D eigenvalue weighted by Gasteiger charge is 2.12. The van der Waals surface area contributed by atoms with Crippen LogP contribution in [0.3, 0.4) is 0 Å². The fourth-order valence-electron chi connectivity index (χ4n) is 1.81. The van der Waals surface area contributed by atoms with Gasteiger partial charge in [-0.25, -0.2) is 4.39 Å². The zero-order valence-corrected chi connectivity index (χ0v) is 11.5. The standard InChI is InChI=1S/C16H15FN2O2/c1-11-6-2-4-8-13(11)18-15(20)10-16(21)19-14-9-5-3-7-12(14)17/h2-9H,10H2,1H3,(H,18,20)(H,19,21). The van der Waals surface area contributed by atoms with E-state index in [0.29, 0.717) is 5.69 Å². The largest absolute Gasteiger partial charge is 0.325 e. The van der Waals surface area contributed by atoms with Crippen molar-refractivity contribution in [2.45, 2.75) is 13.3 Å². The molecule has 0 saturated carbocycles. The monoisotopic (exact) mass is 286 g/mol. The summed E-state index contributed by atoms with van der Waals surface area (Å²) in [6.07, 6.45) is -0.372. The summed E-state index contributed by atoms with van der Waals surface area (Å²) in [5.41, 5.74) is 1.62. The van der Waals surface area contributed by atoms with E-state index in [1.807, 2.05) is 19.1 Å². The van der Waals surface area contributed by atoms with Crippen LogP contribution in [0.15, 0.2) is 48.5 Å². The Morgan fingerprint density at radius 1 is 0.905 bits per heavy atom. The molecule has 0 bridgehead atoms. The fourth-order valence-corrected chi connectivity index (χ4v) is 1.81. The summed E-state index contributed by atoms with van der Waals surface area (Å²) in [6.45, 7) is 1.86. The maximum atomic E-state index is 13.4. The molecule has 0 aliphatic carbocycles. The SMILES string of the molecule is Cc1ccccc1NC(=O)CC(=O)Nc1ccccc1F. The van der Waals surface area contributed by atoms with Gasteiger partial charge in [-0.1, -0.05) is 30.3 Å². The number of halogens is 1. The van der Waals surface area contributed by atoms with Crippen LogP contribution in [0.4, 0.5) is 15.8 Å². The molecular formula is C16H15FN2O2. The third-order valence-corrected chi connectivity index (χ3v) is 2.89. The van der Waals surface area contributed by atoms with Gasteiger partial charge >= 0.3 is 0 Å². The van der Waals surface area contributed by atoms with Crippen molar-refractivity contribution in [1.29, 1.82) is 0 Å². The number of carbonyl (C=O) groups is 2. The van der Waals surface area contributed by atoms with Crippen molar-refractivity contribution in [3.05, 3.63) is 59.9 Å². The van der Waals surface area contributed by atoms with E-state index in [1.54, 1.807) is 18.2 Å². The first-order chi connectivity index (χ1) is 10.1. The van der Waals surface area contributed by atoms with Crippen LogP contribution in [-0.4, -0.2) is 11.8 Å². The van der Waals surface area contributed by atoms with Crippen molar-refractivity contribution in [2.24, 2.45) is 0 Å². The molecule has 0 unspecified atom stereocenters. The first kappa shape index (κ1) is 14.7. The second kappa shape index (κ2) is 6.65. The minimum Gasteiger partial charge on any atom is -0.325 e. The highest BCUT2D eigenvalue weighted by molar-refractivity contribution is 6.08. The lowest BCUT2D eigenvalue weighted by Crippen LogP contribution is -2.22. The molecule has 0 saturated heterocycles. The molecule has 0 aliphatic heterocycles. The van der Waals surface area contributed by atoms with Gasteiger partial charge in [-0.05, 0) is 30.7 Å². The molecule has 2 aromatic carbocycles. The normalized spacial score (nSPS) is 10.0. The Hall–Kier alpha value is -2.69. The molecule has 0 aliphatic rings. The first-order valence-electron chi connectivity index (χ1n) is 6.46. The van der Waals surface area contributed by atoms with Gasteiger partial charge in [-0.2, -0.15) is 0 Å². The van der Waals surface area contributed by atoms with Gasteiger partial charge in [0.25, 0.3) is 0 Å². The van der Waals surface area contributed by atoms with E-state index in [4.69, 9.17) is 0 Å². The highest BCUT2D eigenvalue weighted by atomic mass is 19.1. The smallest absolute Gasteiger partial charge is 0.233 e. The van der Waals surface area contributed by atoms with Gasteiger partial charge < -0.3 is 10.6 Å². The number of amides is 2. The van der Waals surface area contributed by atoms with E-state index in [1.165, 1.54) is 18.2 Å². The molecule has 0 spiro atoms. The van der Waals surface area contributed by atoms with Crippen molar-refractivity contribution in [3.8, 4) is 0 Å². The maximum Gasteiger partial charge on any atom is 0.233 e. The van der Waals surface area contributed by atoms with Gasteiger partial charge in [0.05, 0.1) is 5.69 Å². The average Bonchev–Trinajstić information content (AvgIpc) is 2.44. The van der Waals surface area contributed by atoms with Crippen molar-refractivity contribution < 1.29 is 14.0 Å². The van der Waals surface area contributed by atoms with E-state index in [0.717, 1.165) is 5.56 Å². The topological polar surface area (TPSA) is 58.2 Å². The lowest BCUT2D eigenvalue weighted by Gasteiger charge is -2.09. The molecule has 21 heavy (non-hydrogen) atoms. The Morgan fingerprint density at radius 3 is 2.05 bits per heavy atom. The van der Waals surface area contributed by atoms with Gasteiger partial charge in [0.15, 0.2) is 0 Å². The zero-order chi connectivity index (χ0) is 15.2. The van der Waals surface area contributed by atoms with Crippen LogP contribution in [0.1, 0.15) is 12.0 Å². The molecule has 2 aromatic rings. The van der Waals surface area contributed by atoms with Crippen LogP contribution in [0.25, 0.3) is 0 Å². The fraction of sp³-hybridized carbons (Fsp3) is 0.125. The van der Waals surface area contributed by atoms with Crippen LogP contribution in [-0.2, 0) is 9.59 Å². The number of benzene rings is 2. The second-order valence-corrected chi connectivity index (χ2v) is 4.57. The summed E-state index contributed by atoms with van der Waals surface area (Å²) in [7, 11) is 0. The lowest BCUT2D eigenvalue weighted by molar-refractivity contribution is -0.123. The van der Waals surface area contributed by atoms with E-state index in [2.05, 4.69) is 10.6 Å². The summed E-state index contributed by atoms with van der Waals surface area (Å²) in [5, 5.41) is 5.01. The first-order valence-corrected chi connectivity index (χ1v) is 6.46. The predicted molar refractivity (Wildman–Crippen MR) is 79.5 cm³/mol. The summed E-state index contributed by atoms with van der Waals surface area (Å²) in [4.78, 5) is 23.5. The third kappa shape index (κ3) is 4.14. The lowest BCUT2D eigenvalue weighted by atomic mass is 10.2. The highest BCUT2D eigenvalue weighted by Crippen LogP contribution is 2.14. The van der Waals surface area contributed by atoms with E-state index < -0.39 is 17.6 Å². The average molecular weight is 286 g/mol. The van der Waals surface area contributed by atoms with Gasteiger partial charge in [-0.15, -0.1) is 0 Å². The molecule has 0 radical (unpaired) electrons. The van der Waals surface area contributed by atoms with Gasteiger partial charge in [-0.3, -0.25) is 9.59 Å². The molecule has 2 amide bonds. The molecule has 0 heterocycles. The summed E-state index contributed by atoms with van der Waals surface area (Å²) >= 11 is 0. The van der Waals surface area contributed by atoms with Crippen LogP contribution in [0.5, 0.6) is 0 Å². The minimum absolute atomic E-state index is 0.0613. The third-order valence-electron chi connectivity index (χ3n) is 2.89. The number of aryl methyl sites for hydroxylation is 1. The number of anilines is 2. The molecule has 2 rings (SSSR count). The summed E-state index contributed by atoms with van der Waals surface area (Å²) in [6, 6.07) is 13.1. The number of para-hydroxylation sites is 2. The van der Waals surface area contributed by atoms with Crippen LogP contribution in [0.2, 0.25) is 0 Å². The van der Waals surface area contributed by atoms with Crippen molar-refractivity contribution in [3.63, 3.8) is 0 Å². The van der Waals surface area contributed by atoms with Crippen molar-refractivity contribution >= 4 is 23.2 Å². The molecule has 0 aromatic heterocycles. The van der Waals surface area contributed by atoms with Crippen molar-refractivity contribution in [2.75, 3.05) is 10.6 Å². The van der Waals surface area contributed by atoms with Crippen LogP contribution < -0.4 is 10.6 Å². The molecule has 2 N–H and O–H groups in total. The minimum atomic E-state index is -0.564. The van der Waals surface area contributed by atoms with Crippen molar-refractivity contribution in [1.82, 2.24) is 0 Å². The Balaban J connectivity index is 1.93. The Labute approximate surface area is 122 Å². The molecule has 0 fully saturated rings. The van der Waals surface area contributed by atoms with Gasteiger partial charge in [0.2, 0.25) is 11.8 Å². The Morgan fingerprint density at radius 2 is 1.43 bits per heavy atom. The number of nitrogens with one attached hydrogen (secondary N) is 2. The molecule has 108 valence electrons. The van der Waals surface area contributed by atoms with Gasteiger partial charge in [0.1, 0.15) is 12.2 Å². The number of hydrogen-bond donors (Lipinski definition) is 2. The van der Waals surface area contributed by atoms with E-state index in [-0.39, 0.29) is 12.1 Å². The molecular weight excluding hydrogens is 271 g/mol. The summed E-state index contributed by atoms with van der Waals surface area (Å²) < 4.78 is 13.4. The predicted octanol–water partition coefficient (Wildman–Crippen LogP) is 3.10. The Kier molecular flexibility index (Phi) is 4.66. The summed E-state index contributed by atoms with van der Waals surface area (Å²) in [5.74, 6) is -1.55. The van der Waals surface area contributed by atoms with E-state index >= 15 is 0 Å². The maximum absolute atomic E-state index is 13.4. The van der Waals surface area contributed by atoms with Gasteiger partial charge in [0, 0.05) is 5.69 Å². The zero-order valence-electron chi connectivity index (χ0n) is 11.5. The Bertz CT molecular complexity index is 613.